The summed E-state index contributed by atoms with van der Waals surface area (Å²) in [6.45, 7) is 8.23. The molecule has 116 valence electrons. The molecule has 0 aliphatic heterocycles. The third kappa shape index (κ3) is 3.40. The van der Waals surface area contributed by atoms with Crippen LogP contribution >= 0.6 is 0 Å². The number of anilines is 1. The van der Waals surface area contributed by atoms with Crippen LogP contribution in [-0.2, 0) is 5.54 Å². The minimum absolute atomic E-state index is 0.192. The van der Waals surface area contributed by atoms with Crippen LogP contribution in [0.1, 0.15) is 40.9 Å². The van der Waals surface area contributed by atoms with Crippen LogP contribution in [0.2, 0.25) is 0 Å². The second-order valence-corrected chi connectivity index (χ2v) is 5.79. The van der Waals surface area contributed by atoms with E-state index < -0.39 is 5.91 Å². The summed E-state index contributed by atoms with van der Waals surface area (Å²) in [7, 11) is 0. The summed E-state index contributed by atoms with van der Waals surface area (Å²) in [6, 6.07) is 6.29. The van der Waals surface area contributed by atoms with E-state index in [-0.39, 0.29) is 11.1 Å². The van der Waals surface area contributed by atoms with E-state index in [9.17, 15) is 4.79 Å². The van der Waals surface area contributed by atoms with Crippen LogP contribution in [0, 0.1) is 13.8 Å². The lowest BCUT2D eigenvalue weighted by atomic mass is 9.92. The molecular formula is C16H20N4O2. The molecular weight excluding hydrogens is 280 g/mol. The first-order valence-electron chi connectivity index (χ1n) is 6.96. The van der Waals surface area contributed by atoms with Gasteiger partial charge in [-0.15, -0.1) is 0 Å². The maximum atomic E-state index is 11.2. The average Bonchev–Trinajstić information content (AvgIpc) is 2.49. The number of amides is 1. The monoisotopic (exact) mass is 300 g/mol. The van der Waals surface area contributed by atoms with Gasteiger partial charge >= 0.3 is 0 Å². The van der Waals surface area contributed by atoms with Gasteiger partial charge in [0.25, 0.3) is 5.91 Å². The normalized spacial score (nSPS) is 11.1. The molecule has 3 N–H and O–H groups in total. The fourth-order valence-electron chi connectivity index (χ4n) is 2.06. The number of benzene rings is 1. The summed E-state index contributed by atoms with van der Waals surface area (Å²) in [6.07, 6.45) is 2.72. The van der Waals surface area contributed by atoms with Gasteiger partial charge in [0.05, 0.1) is 11.1 Å². The van der Waals surface area contributed by atoms with Gasteiger partial charge in [0.2, 0.25) is 5.95 Å². The standard InChI is InChI=1S/C16H20N4O2/c1-10-5-6-13(7-11(10)2)16(3,4)19-15-17-8-12(9-18-15)14(21)20-22/h5-9,22H,1-4H3,(H,20,21)(H,17,18,19). The first-order chi connectivity index (χ1) is 10.3. The Kier molecular flexibility index (Phi) is 4.42. The summed E-state index contributed by atoms with van der Waals surface area (Å²) in [4.78, 5) is 19.4. The highest BCUT2D eigenvalue weighted by Crippen LogP contribution is 2.25. The van der Waals surface area contributed by atoms with Crippen LogP contribution in [0.5, 0.6) is 0 Å². The zero-order chi connectivity index (χ0) is 16.3. The Morgan fingerprint density at radius 3 is 2.32 bits per heavy atom. The number of hydrogen-bond donors (Lipinski definition) is 3. The molecule has 6 heteroatoms. The van der Waals surface area contributed by atoms with Crippen molar-refractivity contribution in [3.63, 3.8) is 0 Å². The lowest BCUT2D eigenvalue weighted by Gasteiger charge is -2.27. The molecule has 0 atom stereocenters. The van der Waals surface area contributed by atoms with Gasteiger partial charge in [0.1, 0.15) is 0 Å². The van der Waals surface area contributed by atoms with Crippen molar-refractivity contribution in [3.8, 4) is 0 Å². The lowest BCUT2D eigenvalue weighted by molar-refractivity contribution is 0.0705. The molecule has 0 bridgehead atoms. The molecule has 1 heterocycles. The number of carbonyl (C=O) groups excluding carboxylic acids is 1. The van der Waals surface area contributed by atoms with E-state index >= 15 is 0 Å². The van der Waals surface area contributed by atoms with Gasteiger partial charge in [-0.2, -0.15) is 0 Å². The number of hydroxylamine groups is 1. The molecule has 1 amide bonds. The molecule has 0 aliphatic rings. The highest BCUT2D eigenvalue weighted by molar-refractivity contribution is 5.92. The molecule has 0 saturated carbocycles. The van der Waals surface area contributed by atoms with Crippen molar-refractivity contribution in [1.29, 1.82) is 0 Å². The van der Waals surface area contributed by atoms with Crippen molar-refractivity contribution in [3.05, 3.63) is 52.8 Å². The molecule has 2 aromatic rings. The second-order valence-electron chi connectivity index (χ2n) is 5.79. The number of carbonyl (C=O) groups is 1. The van der Waals surface area contributed by atoms with E-state index in [1.165, 1.54) is 23.5 Å². The highest BCUT2D eigenvalue weighted by Gasteiger charge is 2.22. The van der Waals surface area contributed by atoms with Crippen molar-refractivity contribution in [2.24, 2.45) is 0 Å². The topological polar surface area (TPSA) is 87.1 Å². The van der Waals surface area contributed by atoms with Gasteiger partial charge in [-0.05, 0) is 44.4 Å². The van der Waals surface area contributed by atoms with Crippen LogP contribution in [0.4, 0.5) is 5.95 Å². The average molecular weight is 300 g/mol. The number of hydrogen-bond acceptors (Lipinski definition) is 5. The smallest absolute Gasteiger partial charge is 0.277 e. The van der Waals surface area contributed by atoms with Gasteiger partial charge in [0, 0.05) is 12.4 Å². The summed E-state index contributed by atoms with van der Waals surface area (Å²) in [5.74, 6) is -0.224. The van der Waals surface area contributed by atoms with Gasteiger partial charge < -0.3 is 5.32 Å². The molecule has 1 aromatic heterocycles. The van der Waals surface area contributed by atoms with Crippen molar-refractivity contribution in [2.45, 2.75) is 33.2 Å². The summed E-state index contributed by atoms with van der Waals surface area (Å²) >= 11 is 0. The van der Waals surface area contributed by atoms with Gasteiger partial charge in [0.15, 0.2) is 0 Å². The Labute approximate surface area is 129 Å². The van der Waals surface area contributed by atoms with Crippen molar-refractivity contribution in [1.82, 2.24) is 15.4 Å². The van der Waals surface area contributed by atoms with Crippen LogP contribution in [-0.4, -0.2) is 21.1 Å². The van der Waals surface area contributed by atoms with Crippen LogP contribution in [0.15, 0.2) is 30.6 Å². The minimum atomic E-state index is -0.639. The first kappa shape index (κ1) is 15.9. The quantitative estimate of drug-likeness (QED) is 0.596. The molecule has 0 radical (unpaired) electrons. The maximum absolute atomic E-state index is 11.2. The van der Waals surface area contributed by atoms with Gasteiger partial charge in [-0.1, -0.05) is 18.2 Å². The predicted octanol–water partition coefficient (Wildman–Crippen LogP) is 2.56. The zero-order valence-electron chi connectivity index (χ0n) is 13.1. The molecule has 22 heavy (non-hydrogen) atoms. The fourth-order valence-corrected chi connectivity index (χ4v) is 2.06. The van der Waals surface area contributed by atoms with Crippen molar-refractivity contribution >= 4 is 11.9 Å². The van der Waals surface area contributed by atoms with E-state index in [1.807, 2.05) is 13.8 Å². The van der Waals surface area contributed by atoms with Crippen LogP contribution < -0.4 is 10.8 Å². The first-order valence-corrected chi connectivity index (χ1v) is 6.96. The summed E-state index contributed by atoms with van der Waals surface area (Å²) in [5.41, 5.74) is 4.97. The van der Waals surface area contributed by atoms with E-state index in [0.29, 0.717) is 5.95 Å². The third-order valence-corrected chi connectivity index (χ3v) is 3.67. The Morgan fingerprint density at radius 2 is 1.77 bits per heavy atom. The predicted molar refractivity (Wildman–Crippen MR) is 83.8 cm³/mol. The lowest BCUT2D eigenvalue weighted by Crippen LogP contribution is -2.29. The van der Waals surface area contributed by atoms with E-state index in [4.69, 9.17) is 5.21 Å². The minimum Gasteiger partial charge on any atom is -0.345 e. The van der Waals surface area contributed by atoms with E-state index in [1.54, 1.807) is 5.48 Å². The third-order valence-electron chi connectivity index (χ3n) is 3.67. The molecule has 1 aromatic carbocycles. The van der Waals surface area contributed by atoms with Crippen LogP contribution in [0.25, 0.3) is 0 Å². The number of nitrogens with one attached hydrogen (secondary N) is 2. The Balaban J connectivity index is 2.20. The largest absolute Gasteiger partial charge is 0.345 e. The number of nitrogens with zero attached hydrogens (tertiary/aromatic N) is 2. The molecule has 0 spiro atoms. The van der Waals surface area contributed by atoms with Gasteiger partial charge in [-0.3, -0.25) is 10.0 Å². The number of aryl methyl sites for hydroxylation is 2. The second kappa shape index (κ2) is 6.11. The Bertz CT molecular complexity index is 681. The van der Waals surface area contributed by atoms with E-state index in [2.05, 4.69) is 47.3 Å². The molecule has 6 nitrogen and oxygen atoms in total. The number of aromatic nitrogens is 2. The SMILES string of the molecule is Cc1ccc(C(C)(C)Nc2ncc(C(=O)NO)cn2)cc1C. The fraction of sp³-hybridized carbons (Fsp3) is 0.312. The molecule has 0 fully saturated rings. The number of rotatable bonds is 4. The highest BCUT2D eigenvalue weighted by atomic mass is 16.5. The van der Waals surface area contributed by atoms with Gasteiger partial charge in [-0.25, -0.2) is 15.4 Å². The maximum Gasteiger partial charge on any atom is 0.277 e. The Morgan fingerprint density at radius 1 is 1.14 bits per heavy atom. The summed E-state index contributed by atoms with van der Waals surface area (Å²) in [5, 5.41) is 11.8. The molecule has 0 aliphatic carbocycles. The molecule has 2 rings (SSSR count). The van der Waals surface area contributed by atoms with E-state index in [0.717, 1.165) is 5.56 Å². The Hall–Kier alpha value is -2.47. The van der Waals surface area contributed by atoms with Crippen LogP contribution in [0.3, 0.4) is 0 Å². The summed E-state index contributed by atoms with van der Waals surface area (Å²) < 4.78 is 0. The zero-order valence-corrected chi connectivity index (χ0v) is 13.1. The molecule has 0 unspecified atom stereocenters. The molecule has 0 saturated heterocycles. The van der Waals surface area contributed by atoms with Crippen molar-refractivity contribution in [2.75, 3.05) is 5.32 Å². The van der Waals surface area contributed by atoms with Crippen molar-refractivity contribution < 1.29 is 10.0 Å².